The van der Waals surface area contributed by atoms with Crippen molar-refractivity contribution in [2.24, 2.45) is 9.98 Å². The van der Waals surface area contributed by atoms with Gasteiger partial charge in [0.2, 0.25) is 0 Å². The van der Waals surface area contributed by atoms with Crippen LogP contribution >= 0.6 is 0 Å². The van der Waals surface area contributed by atoms with Gasteiger partial charge < -0.3 is 0 Å². The third-order valence-corrected chi connectivity index (χ3v) is 1.65. The molecule has 1 heterocycles. The van der Waals surface area contributed by atoms with Gasteiger partial charge in [0.1, 0.15) is 0 Å². The molecule has 0 spiro atoms. The lowest BCUT2D eigenvalue weighted by Gasteiger charge is -2.03. The molecule has 13 heavy (non-hydrogen) atoms. The number of hydrogen-bond donors (Lipinski definition) is 0. The van der Waals surface area contributed by atoms with Gasteiger partial charge in [0.25, 0.3) is 0 Å². The zero-order valence-corrected chi connectivity index (χ0v) is 7.88. The number of aromatic nitrogens is 1. The van der Waals surface area contributed by atoms with Gasteiger partial charge in [-0.05, 0) is 12.1 Å². The molecule has 1 rings (SSSR count). The summed E-state index contributed by atoms with van der Waals surface area (Å²) in [5.74, 6) is 0.0937. The fourth-order valence-corrected chi connectivity index (χ4v) is 1.09. The highest BCUT2D eigenvalue weighted by molar-refractivity contribution is 5.89. The SMILES string of the molecule is CN=CC(C=NC)c1ccccn1. The van der Waals surface area contributed by atoms with Gasteiger partial charge in [0, 0.05) is 32.7 Å². The first kappa shape index (κ1) is 9.58. The zero-order valence-electron chi connectivity index (χ0n) is 7.88. The van der Waals surface area contributed by atoms with E-state index in [0.717, 1.165) is 5.69 Å². The molecule has 68 valence electrons. The highest BCUT2D eigenvalue weighted by atomic mass is 14.7. The predicted octanol–water partition coefficient (Wildman–Crippen LogP) is 1.57. The van der Waals surface area contributed by atoms with Crippen LogP contribution in [0.1, 0.15) is 11.6 Å². The van der Waals surface area contributed by atoms with Crippen molar-refractivity contribution in [1.82, 2.24) is 4.98 Å². The summed E-state index contributed by atoms with van der Waals surface area (Å²) in [4.78, 5) is 12.2. The van der Waals surface area contributed by atoms with Crippen LogP contribution in [0.3, 0.4) is 0 Å². The Hall–Kier alpha value is -1.51. The first-order chi connectivity index (χ1) is 6.38. The van der Waals surface area contributed by atoms with Gasteiger partial charge in [-0.25, -0.2) is 0 Å². The van der Waals surface area contributed by atoms with Crippen LogP contribution in [0, 0.1) is 0 Å². The van der Waals surface area contributed by atoms with Crippen LogP contribution in [0.2, 0.25) is 0 Å². The molecule has 0 aromatic carbocycles. The molecule has 1 aromatic heterocycles. The van der Waals surface area contributed by atoms with Crippen LogP contribution in [-0.4, -0.2) is 31.5 Å². The summed E-state index contributed by atoms with van der Waals surface area (Å²) in [6, 6.07) is 5.82. The molecule has 0 saturated carbocycles. The van der Waals surface area contributed by atoms with Gasteiger partial charge in [0.05, 0.1) is 11.6 Å². The van der Waals surface area contributed by atoms with E-state index < -0.39 is 0 Å². The quantitative estimate of drug-likeness (QED) is 0.642. The lowest BCUT2D eigenvalue weighted by Crippen LogP contribution is -2.03. The third-order valence-electron chi connectivity index (χ3n) is 1.65. The Morgan fingerprint density at radius 1 is 1.23 bits per heavy atom. The molecule has 0 aliphatic rings. The maximum absolute atomic E-state index is 4.23. The number of hydrogen-bond acceptors (Lipinski definition) is 3. The molecule has 0 aliphatic heterocycles. The summed E-state index contributed by atoms with van der Waals surface area (Å²) >= 11 is 0. The van der Waals surface area contributed by atoms with Crippen LogP contribution < -0.4 is 0 Å². The molecule has 0 unspecified atom stereocenters. The van der Waals surface area contributed by atoms with E-state index in [1.165, 1.54) is 0 Å². The molecule has 0 aliphatic carbocycles. The van der Waals surface area contributed by atoms with Gasteiger partial charge in [-0.3, -0.25) is 15.0 Å². The van der Waals surface area contributed by atoms with Gasteiger partial charge in [-0.1, -0.05) is 6.07 Å². The summed E-state index contributed by atoms with van der Waals surface area (Å²) in [6.45, 7) is 0. The van der Waals surface area contributed by atoms with Gasteiger partial charge in [-0.2, -0.15) is 0 Å². The Kier molecular flexibility index (Phi) is 3.82. The Labute approximate surface area is 78.3 Å². The normalized spacial score (nSPS) is 14.0. The minimum absolute atomic E-state index is 0.0937. The Morgan fingerprint density at radius 3 is 2.38 bits per heavy atom. The lowest BCUT2D eigenvalue weighted by molar-refractivity contribution is 1.09. The average Bonchev–Trinajstić information content (AvgIpc) is 2.19. The van der Waals surface area contributed by atoms with Crippen molar-refractivity contribution in [2.75, 3.05) is 14.1 Å². The van der Waals surface area contributed by atoms with Crippen molar-refractivity contribution < 1.29 is 0 Å². The topological polar surface area (TPSA) is 37.6 Å². The second-order valence-electron chi connectivity index (χ2n) is 2.59. The van der Waals surface area contributed by atoms with E-state index in [4.69, 9.17) is 0 Å². The molecule has 0 radical (unpaired) electrons. The molecule has 0 atom stereocenters. The van der Waals surface area contributed by atoms with Crippen molar-refractivity contribution >= 4 is 12.4 Å². The average molecular weight is 175 g/mol. The van der Waals surface area contributed by atoms with E-state index in [9.17, 15) is 0 Å². The van der Waals surface area contributed by atoms with E-state index in [-0.39, 0.29) is 5.92 Å². The molecule has 1 aromatic rings. The minimum Gasteiger partial charge on any atom is -0.300 e. The fraction of sp³-hybridized carbons (Fsp3) is 0.300. The number of rotatable bonds is 3. The number of aliphatic imine (C=N–C) groups is 2. The summed E-state index contributed by atoms with van der Waals surface area (Å²) in [6.07, 6.45) is 5.43. The van der Waals surface area contributed by atoms with Crippen molar-refractivity contribution in [3.05, 3.63) is 30.1 Å². The Bertz CT molecular complexity index is 278. The van der Waals surface area contributed by atoms with E-state index in [1.54, 1.807) is 20.3 Å². The van der Waals surface area contributed by atoms with Crippen molar-refractivity contribution in [2.45, 2.75) is 5.92 Å². The van der Waals surface area contributed by atoms with E-state index in [1.807, 2.05) is 30.6 Å². The van der Waals surface area contributed by atoms with Gasteiger partial charge in [-0.15, -0.1) is 0 Å². The summed E-state index contributed by atoms with van der Waals surface area (Å²) in [5, 5.41) is 0. The third kappa shape index (κ3) is 2.78. The van der Waals surface area contributed by atoms with Crippen LogP contribution in [0.4, 0.5) is 0 Å². The molecule has 3 nitrogen and oxygen atoms in total. The number of nitrogens with zero attached hydrogens (tertiary/aromatic N) is 3. The van der Waals surface area contributed by atoms with Crippen LogP contribution in [0.5, 0.6) is 0 Å². The standard InChI is InChI=1S/C10H13N3/c1-11-7-9(8-12-2)10-5-3-4-6-13-10/h3-9H,1-2H3. The van der Waals surface area contributed by atoms with Crippen molar-refractivity contribution in [3.63, 3.8) is 0 Å². The number of pyridine rings is 1. The lowest BCUT2D eigenvalue weighted by atomic mass is 10.1. The molecular weight excluding hydrogens is 162 g/mol. The maximum Gasteiger partial charge on any atom is 0.0710 e. The molecule has 0 fully saturated rings. The molecule has 0 saturated heterocycles. The largest absolute Gasteiger partial charge is 0.300 e. The summed E-state index contributed by atoms with van der Waals surface area (Å²) in [7, 11) is 3.50. The smallest absolute Gasteiger partial charge is 0.0710 e. The monoisotopic (exact) mass is 175 g/mol. The maximum atomic E-state index is 4.23. The van der Waals surface area contributed by atoms with Crippen molar-refractivity contribution in [1.29, 1.82) is 0 Å². The minimum atomic E-state index is 0.0937. The zero-order chi connectivity index (χ0) is 9.52. The van der Waals surface area contributed by atoms with E-state index >= 15 is 0 Å². The Balaban J connectivity index is 2.88. The fourth-order valence-electron chi connectivity index (χ4n) is 1.09. The van der Waals surface area contributed by atoms with Crippen LogP contribution in [0.25, 0.3) is 0 Å². The van der Waals surface area contributed by atoms with Crippen LogP contribution in [-0.2, 0) is 0 Å². The highest BCUT2D eigenvalue weighted by Gasteiger charge is 2.04. The molecule has 0 amide bonds. The van der Waals surface area contributed by atoms with Crippen LogP contribution in [0.15, 0.2) is 34.4 Å². The van der Waals surface area contributed by atoms with E-state index in [0.29, 0.717) is 0 Å². The first-order valence-corrected chi connectivity index (χ1v) is 4.14. The molecule has 0 N–H and O–H groups in total. The molecule has 0 bridgehead atoms. The molecule has 3 heteroatoms. The second kappa shape index (κ2) is 5.19. The summed E-state index contributed by atoms with van der Waals surface area (Å²) in [5.41, 5.74) is 0.971. The van der Waals surface area contributed by atoms with Crippen molar-refractivity contribution in [3.8, 4) is 0 Å². The summed E-state index contributed by atoms with van der Waals surface area (Å²) < 4.78 is 0. The van der Waals surface area contributed by atoms with E-state index in [2.05, 4.69) is 15.0 Å². The van der Waals surface area contributed by atoms with Gasteiger partial charge >= 0.3 is 0 Å². The second-order valence-corrected chi connectivity index (χ2v) is 2.59. The molecular formula is C10H13N3. The predicted molar refractivity (Wildman–Crippen MR) is 55.8 cm³/mol. The Morgan fingerprint density at radius 2 is 1.92 bits per heavy atom. The first-order valence-electron chi connectivity index (χ1n) is 4.14. The van der Waals surface area contributed by atoms with Gasteiger partial charge in [0.15, 0.2) is 0 Å². The highest BCUT2D eigenvalue weighted by Crippen LogP contribution is 2.07.